The molecule has 2 bridgehead atoms. The van der Waals surface area contributed by atoms with Gasteiger partial charge >= 0.3 is 0 Å². The highest BCUT2D eigenvalue weighted by Gasteiger charge is 2.44. The summed E-state index contributed by atoms with van der Waals surface area (Å²) in [4.78, 5) is 16.0. The topological polar surface area (TPSA) is 46.3 Å². The van der Waals surface area contributed by atoms with Crippen molar-refractivity contribution in [3.05, 3.63) is 65.5 Å². The van der Waals surface area contributed by atoms with Gasteiger partial charge in [-0.15, -0.1) is 11.8 Å². The Hall–Kier alpha value is -1.99. The third kappa shape index (κ3) is 4.52. The first-order chi connectivity index (χ1) is 14.4. The van der Waals surface area contributed by atoms with Crippen LogP contribution in [0.15, 0.2) is 47.4 Å². The maximum atomic E-state index is 14.0. The van der Waals surface area contributed by atoms with Crippen molar-refractivity contribution in [2.75, 3.05) is 5.75 Å². The summed E-state index contributed by atoms with van der Waals surface area (Å²) in [5.41, 5.74) is 6.46. The van der Waals surface area contributed by atoms with Crippen LogP contribution in [0.25, 0.3) is 0 Å². The fourth-order valence-corrected chi connectivity index (χ4v) is 5.64. The van der Waals surface area contributed by atoms with Gasteiger partial charge in [-0.3, -0.25) is 4.79 Å². The molecule has 4 rings (SSSR count). The van der Waals surface area contributed by atoms with E-state index in [2.05, 4.69) is 0 Å². The Bertz CT molecular complexity index is 897. The number of halogens is 3. The second-order valence-electron chi connectivity index (χ2n) is 8.24. The highest BCUT2D eigenvalue weighted by molar-refractivity contribution is 8.00. The molecule has 3 nitrogen and oxygen atoms in total. The summed E-state index contributed by atoms with van der Waals surface area (Å²) in [7, 11) is 0. The van der Waals surface area contributed by atoms with Gasteiger partial charge in [0.05, 0.1) is 5.75 Å². The molecular weight excluding hydrogens is 409 g/mol. The molecule has 0 aliphatic carbocycles. The molecule has 160 valence electrons. The van der Waals surface area contributed by atoms with Crippen LogP contribution in [0.1, 0.15) is 31.2 Å². The van der Waals surface area contributed by atoms with Crippen molar-refractivity contribution in [3.63, 3.8) is 0 Å². The lowest BCUT2D eigenvalue weighted by atomic mass is 9.82. The number of carbonyl (C=O) groups excluding carboxylic acids is 1. The van der Waals surface area contributed by atoms with Crippen molar-refractivity contribution >= 4 is 17.7 Å². The quantitative estimate of drug-likeness (QED) is 0.537. The van der Waals surface area contributed by atoms with Crippen molar-refractivity contribution in [3.8, 4) is 0 Å². The van der Waals surface area contributed by atoms with Crippen LogP contribution >= 0.6 is 11.8 Å². The van der Waals surface area contributed by atoms with Crippen LogP contribution in [0.4, 0.5) is 13.2 Å². The second-order valence-corrected chi connectivity index (χ2v) is 9.29. The molecule has 1 amide bonds. The normalized spacial score (nSPS) is 24.1. The van der Waals surface area contributed by atoms with Crippen LogP contribution in [0, 0.1) is 23.4 Å². The SMILES string of the molecule is N[C@H](Cc1cc(F)c(F)cc1F)C1CC2CCC(C1)N2C(=O)CSc1ccccc1. The number of piperidine rings is 1. The molecule has 2 aliphatic heterocycles. The minimum atomic E-state index is -1.19. The summed E-state index contributed by atoms with van der Waals surface area (Å²) in [5.74, 6) is -2.33. The number of nitrogens with zero attached hydrogens (tertiary/aromatic N) is 1. The van der Waals surface area contributed by atoms with Gasteiger partial charge in [0, 0.05) is 29.1 Å². The number of amides is 1. The molecule has 30 heavy (non-hydrogen) atoms. The van der Waals surface area contributed by atoms with Crippen LogP contribution in [-0.4, -0.2) is 34.7 Å². The summed E-state index contributed by atoms with van der Waals surface area (Å²) in [6, 6.07) is 11.3. The molecule has 7 heteroatoms. The van der Waals surface area contributed by atoms with Gasteiger partial charge in [0.25, 0.3) is 0 Å². The van der Waals surface area contributed by atoms with Gasteiger partial charge in [0.2, 0.25) is 5.91 Å². The minimum Gasteiger partial charge on any atom is -0.336 e. The van der Waals surface area contributed by atoms with Crippen LogP contribution in [0.5, 0.6) is 0 Å². The van der Waals surface area contributed by atoms with Crippen LogP contribution in [0.2, 0.25) is 0 Å². The smallest absolute Gasteiger partial charge is 0.233 e. The van der Waals surface area contributed by atoms with Crippen molar-refractivity contribution < 1.29 is 18.0 Å². The largest absolute Gasteiger partial charge is 0.336 e. The standard InChI is InChI=1S/C23H25F3N2OS/c24-19-12-21(26)20(25)10-14(19)11-22(27)15-8-16-6-7-17(9-15)28(16)23(29)13-30-18-4-2-1-3-5-18/h1-5,10,12,15-17,22H,6-9,11,13,27H2/t15?,16?,17?,22-/m1/s1. The fraction of sp³-hybridized carbons (Fsp3) is 0.435. The fourth-order valence-electron chi connectivity index (χ4n) is 4.85. The molecular formula is C23H25F3N2OS. The molecule has 3 atom stereocenters. The van der Waals surface area contributed by atoms with E-state index in [-0.39, 0.29) is 41.9 Å². The summed E-state index contributed by atoms with van der Waals surface area (Å²) < 4.78 is 40.7. The van der Waals surface area contributed by atoms with E-state index in [0.717, 1.165) is 36.6 Å². The Labute approximate surface area is 178 Å². The van der Waals surface area contributed by atoms with Gasteiger partial charge in [-0.2, -0.15) is 0 Å². The Morgan fingerprint density at radius 3 is 2.33 bits per heavy atom. The highest BCUT2D eigenvalue weighted by Crippen LogP contribution is 2.40. The lowest BCUT2D eigenvalue weighted by molar-refractivity contribution is -0.133. The maximum absolute atomic E-state index is 14.0. The molecule has 2 unspecified atom stereocenters. The Kier molecular flexibility index (Phi) is 6.39. The molecule has 0 spiro atoms. The monoisotopic (exact) mass is 434 g/mol. The van der Waals surface area contributed by atoms with Gasteiger partial charge in [-0.05, 0) is 61.8 Å². The Morgan fingerprint density at radius 2 is 1.67 bits per heavy atom. The van der Waals surface area contributed by atoms with E-state index in [4.69, 9.17) is 5.73 Å². The number of hydrogen-bond donors (Lipinski definition) is 1. The number of fused-ring (bicyclic) bond motifs is 2. The van der Waals surface area contributed by atoms with Crippen molar-refractivity contribution in [2.45, 2.75) is 55.1 Å². The zero-order chi connectivity index (χ0) is 21.3. The first-order valence-corrected chi connectivity index (χ1v) is 11.3. The van der Waals surface area contributed by atoms with E-state index in [1.807, 2.05) is 35.2 Å². The Balaban J connectivity index is 1.36. The van der Waals surface area contributed by atoms with Gasteiger partial charge in [-0.25, -0.2) is 13.2 Å². The van der Waals surface area contributed by atoms with E-state index >= 15 is 0 Å². The van der Waals surface area contributed by atoms with E-state index in [0.29, 0.717) is 11.8 Å². The van der Waals surface area contributed by atoms with Gasteiger partial charge in [-0.1, -0.05) is 18.2 Å². The molecule has 0 radical (unpaired) electrons. The summed E-state index contributed by atoms with van der Waals surface area (Å²) in [6.07, 6.45) is 3.60. The molecule has 2 aliphatic rings. The van der Waals surface area contributed by atoms with E-state index in [1.165, 1.54) is 0 Å². The summed E-state index contributed by atoms with van der Waals surface area (Å²) >= 11 is 1.54. The predicted octanol–water partition coefficient (Wildman–Crippen LogP) is 4.54. The van der Waals surface area contributed by atoms with E-state index < -0.39 is 17.5 Å². The van der Waals surface area contributed by atoms with Gasteiger partial charge in [0.1, 0.15) is 5.82 Å². The van der Waals surface area contributed by atoms with Crippen LogP contribution < -0.4 is 5.73 Å². The Morgan fingerprint density at radius 1 is 1.03 bits per heavy atom. The maximum Gasteiger partial charge on any atom is 0.233 e. The first-order valence-electron chi connectivity index (χ1n) is 10.3. The molecule has 0 saturated carbocycles. The van der Waals surface area contributed by atoms with Crippen molar-refractivity contribution in [2.24, 2.45) is 11.7 Å². The number of nitrogens with two attached hydrogens (primary N) is 1. The minimum absolute atomic E-state index is 0.103. The number of thioether (sulfide) groups is 1. The molecule has 2 aromatic rings. The molecule has 2 N–H and O–H groups in total. The molecule has 2 aromatic carbocycles. The molecule has 2 fully saturated rings. The zero-order valence-corrected chi connectivity index (χ0v) is 17.4. The van der Waals surface area contributed by atoms with Gasteiger partial charge < -0.3 is 10.6 Å². The average Bonchev–Trinajstić information content (AvgIpc) is 3.00. The number of benzene rings is 2. The number of rotatable bonds is 6. The molecule has 0 aromatic heterocycles. The highest BCUT2D eigenvalue weighted by atomic mass is 32.2. The lowest BCUT2D eigenvalue weighted by Crippen LogP contribution is -2.50. The van der Waals surface area contributed by atoms with Crippen LogP contribution in [-0.2, 0) is 11.2 Å². The van der Waals surface area contributed by atoms with Crippen molar-refractivity contribution in [1.82, 2.24) is 4.90 Å². The zero-order valence-electron chi connectivity index (χ0n) is 16.6. The third-order valence-electron chi connectivity index (χ3n) is 6.31. The van der Waals surface area contributed by atoms with E-state index in [9.17, 15) is 18.0 Å². The molecule has 2 saturated heterocycles. The van der Waals surface area contributed by atoms with E-state index in [1.54, 1.807) is 11.8 Å². The molecule has 2 heterocycles. The summed E-state index contributed by atoms with van der Waals surface area (Å²) in [6.45, 7) is 0. The summed E-state index contributed by atoms with van der Waals surface area (Å²) in [5, 5.41) is 0. The van der Waals surface area contributed by atoms with Gasteiger partial charge in [0.15, 0.2) is 11.6 Å². The average molecular weight is 435 g/mol. The first kappa shape index (κ1) is 21.2. The number of carbonyl (C=O) groups is 1. The lowest BCUT2D eigenvalue weighted by Gasteiger charge is -2.41. The predicted molar refractivity (Wildman–Crippen MR) is 112 cm³/mol. The third-order valence-corrected chi connectivity index (χ3v) is 7.31. The number of hydrogen-bond acceptors (Lipinski definition) is 3. The van der Waals surface area contributed by atoms with Crippen LogP contribution in [0.3, 0.4) is 0 Å². The second kappa shape index (κ2) is 9.02. The van der Waals surface area contributed by atoms with Crippen molar-refractivity contribution in [1.29, 1.82) is 0 Å².